The molecule has 0 spiro atoms. The number of hydrogen-bond acceptors (Lipinski definition) is 0. The zero-order chi connectivity index (χ0) is 15.4. The van der Waals surface area contributed by atoms with Crippen molar-refractivity contribution in [1.82, 2.24) is 0 Å². The van der Waals surface area contributed by atoms with Gasteiger partial charge in [0.15, 0.2) is 0 Å². The topological polar surface area (TPSA) is 0 Å². The normalized spacial score (nSPS) is 22.1. The molecule has 0 aromatic rings. The molecule has 4 unspecified atom stereocenters. The van der Waals surface area contributed by atoms with E-state index in [1.54, 1.807) is 0 Å². The molecule has 116 valence electrons. The van der Waals surface area contributed by atoms with Crippen LogP contribution in [0, 0.1) is 34.5 Å². The van der Waals surface area contributed by atoms with E-state index in [2.05, 4.69) is 69.2 Å². The molecule has 0 amide bonds. The first-order valence-electron chi connectivity index (χ1n) is 8.54. The summed E-state index contributed by atoms with van der Waals surface area (Å²) in [6, 6.07) is 0. The van der Waals surface area contributed by atoms with Crippen LogP contribution in [0.3, 0.4) is 0 Å². The van der Waals surface area contributed by atoms with E-state index in [-0.39, 0.29) is 0 Å². The van der Waals surface area contributed by atoms with Crippen LogP contribution < -0.4 is 0 Å². The molecule has 0 heterocycles. The molecule has 0 fully saturated rings. The lowest BCUT2D eigenvalue weighted by atomic mass is 9.58. The van der Waals surface area contributed by atoms with Crippen molar-refractivity contribution in [2.75, 3.05) is 0 Å². The van der Waals surface area contributed by atoms with Crippen LogP contribution in [0.15, 0.2) is 0 Å². The van der Waals surface area contributed by atoms with Crippen LogP contribution in [-0.4, -0.2) is 0 Å². The van der Waals surface area contributed by atoms with Gasteiger partial charge in [-0.05, 0) is 40.9 Å². The van der Waals surface area contributed by atoms with E-state index >= 15 is 0 Å². The highest BCUT2D eigenvalue weighted by molar-refractivity contribution is 4.91. The highest BCUT2D eigenvalue weighted by atomic mass is 14.5. The van der Waals surface area contributed by atoms with Gasteiger partial charge in [-0.25, -0.2) is 0 Å². The van der Waals surface area contributed by atoms with Gasteiger partial charge in [0.2, 0.25) is 0 Å². The molecule has 0 aromatic heterocycles. The molecule has 0 nitrogen and oxygen atoms in total. The van der Waals surface area contributed by atoms with Gasteiger partial charge < -0.3 is 0 Å². The molecule has 4 atom stereocenters. The number of hydrogen-bond donors (Lipinski definition) is 0. The summed E-state index contributed by atoms with van der Waals surface area (Å²) in [5.41, 5.74) is 0.949. The second kappa shape index (κ2) is 7.14. The van der Waals surface area contributed by atoms with Crippen LogP contribution in [-0.2, 0) is 0 Å². The minimum absolute atomic E-state index is 0.474. The predicted molar refractivity (Wildman–Crippen MR) is 89.4 cm³/mol. The van der Waals surface area contributed by atoms with Crippen molar-refractivity contribution in [3.63, 3.8) is 0 Å². The van der Waals surface area contributed by atoms with Gasteiger partial charge in [-0.2, -0.15) is 0 Å². The van der Waals surface area contributed by atoms with Crippen molar-refractivity contribution in [1.29, 1.82) is 0 Å². The third-order valence-corrected chi connectivity index (χ3v) is 6.62. The smallest absolute Gasteiger partial charge is 0.0295 e. The molecule has 0 aromatic carbocycles. The van der Waals surface area contributed by atoms with Crippen molar-refractivity contribution in [2.24, 2.45) is 34.5 Å². The van der Waals surface area contributed by atoms with Gasteiger partial charge in [0.05, 0.1) is 0 Å². The molecule has 0 radical (unpaired) electrons. The first-order chi connectivity index (χ1) is 8.54. The largest absolute Gasteiger partial charge is 0.0649 e. The standard InChI is InChI=1S/C19H40/c1-11-18(9,16(7)14(3)4)13-19(10,12-2)17(8)15(5)6/h14-17H,11-13H2,1-10H3. The van der Waals surface area contributed by atoms with E-state index in [0.29, 0.717) is 10.8 Å². The molecule has 0 saturated heterocycles. The van der Waals surface area contributed by atoms with Crippen LogP contribution >= 0.6 is 0 Å². The maximum Gasteiger partial charge on any atom is -0.0295 e. The van der Waals surface area contributed by atoms with Gasteiger partial charge in [0.1, 0.15) is 0 Å². The van der Waals surface area contributed by atoms with E-state index in [0.717, 1.165) is 23.7 Å². The van der Waals surface area contributed by atoms with Gasteiger partial charge in [-0.3, -0.25) is 0 Å². The van der Waals surface area contributed by atoms with Crippen LogP contribution in [0.4, 0.5) is 0 Å². The lowest BCUT2D eigenvalue weighted by Crippen LogP contribution is -2.38. The summed E-state index contributed by atoms with van der Waals surface area (Å²) < 4.78 is 0. The lowest BCUT2D eigenvalue weighted by molar-refractivity contribution is 0.0230. The third kappa shape index (κ3) is 4.50. The molecule has 0 aliphatic heterocycles. The Balaban J connectivity index is 5.21. The molecule has 19 heavy (non-hydrogen) atoms. The first-order valence-corrected chi connectivity index (χ1v) is 8.54. The highest BCUT2D eigenvalue weighted by Gasteiger charge is 2.41. The molecular weight excluding hydrogens is 228 g/mol. The summed E-state index contributed by atoms with van der Waals surface area (Å²) >= 11 is 0. The summed E-state index contributed by atoms with van der Waals surface area (Å²) in [7, 11) is 0. The average molecular weight is 269 g/mol. The lowest BCUT2D eigenvalue weighted by Gasteiger charge is -2.47. The second-order valence-electron chi connectivity index (χ2n) is 8.26. The van der Waals surface area contributed by atoms with Crippen LogP contribution in [0.1, 0.15) is 88.5 Å². The van der Waals surface area contributed by atoms with Gasteiger partial charge in [0, 0.05) is 0 Å². The summed E-state index contributed by atoms with van der Waals surface area (Å²) in [5, 5.41) is 0. The van der Waals surface area contributed by atoms with E-state index in [1.165, 1.54) is 19.3 Å². The van der Waals surface area contributed by atoms with Crippen molar-refractivity contribution >= 4 is 0 Å². The molecule has 0 saturated carbocycles. The first kappa shape index (κ1) is 19.0. The fourth-order valence-electron chi connectivity index (χ4n) is 3.75. The zero-order valence-corrected chi connectivity index (χ0v) is 15.4. The van der Waals surface area contributed by atoms with Crippen molar-refractivity contribution in [2.45, 2.75) is 88.5 Å². The molecule has 0 aliphatic rings. The minimum Gasteiger partial charge on any atom is -0.0649 e. The molecular formula is C19H40. The Labute approximate surface area is 123 Å². The van der Waals surface area contributed by atoms with Crippen LogP contribution in [0.25, 0.3) is 0 Å². The van der Waals surface area contributed by atoms with Crippen molar-refractivity contribution < 1.29 is 0 Å². The molecule has 0 N–H and O–H groups in total. The Bertz CT molecular complexity index is 227. The molecule has 0 aliphatic carbocycles. The Morgan fingerprint density at radius 2 is 0.895 bits per heavy atom. The summed E-state index contributed by atoms with van der Waals surface area (Å²) in [4.78, 5) is 0. The van der Waals surface area contributed by atoms with E-state index in [4.69, 9.17) is 0 Å². The van der Waals surface area contributed by atoms with Gasteiger partial charge in [0.25, 0.3) is 0 Å². The Hall–Kier alpha value is 0. The van der Waals surface area contributed by atoms with Gasteiger partial charge >= 0.3 is 0 Å². The molecule has 0 heteroatoms. The van der Waals surface area contributed by atoms with E-state index in [1.807, 2.05) is 0 Å². The summed E-state index contributed by atoms with van der Waals surface area (Å²) in [6.45, 7) is 24.3. The summed E-state index contributed by atoms with van der Waals surface area (Å²) in [6.07, 6.45) is 3.96. The SMILES string of the molecule is CCC(C)(CC(C)(CC)C(C)C(C)C)C(C)C(C)C. The van der Waals surface area contributed by atoms with E-state index < -0.39 is 0 Å². The quantitative estimate of drug-likeness (QED) is 0.454. The maximum absolute atomic E-state index is 2.53. The minimum atomic E-state index is 0.474. The fraction of sp³-hybridized carbons (Fsp3) is 1.00. The second-order valence-corrected chi connectivity index (χ2v) is 8.26. The van der Waals surface area contributed by atoms with Gasteiger partial charge in [-0.15, -0.1) is 0 Å². The summed E-state index contributed by atoms with van der Waals surface area (Å²) in [5.74, 6) is 3.14. The van der Waals surface area contributed by atoms with Crippen molar-refractivity contribution in [3.05, 3.63) is 0 Å². The monoisotopic (exact) mass is 268 g/mol. The number of rotatable bonds is 8. The van der Waals surface area contributed by atoms with Gasteiger partial charge in [-0.1, -0.05) is 82.1 Å². The predicted octanol–water partition coefficient (Wildman–Crippen LogP) is 6.79. The maximum atomic E-state index is 2.53. The highest BCUT2D eigenvalue weighted by Crippen LogP contribution is 2.50. The Kier molecular flexibility index (Phi) is 7.14. The Morgan fingerprint density at radius 3 is 1.05 bits per heavy atom. The average Bonchev–Trinajstić information content (AvgIpc) is 2.36. The molecule has 0 bridgehead atoms. The van der Waals surface area contributed by atoms with Crippen LogP contribution in [0.2, 0.25) is 0 Å². The zero-order valence-electron chi connectivity index (χ0n) is 15.4. The van der Waals surface area contributed by atoms with Crippen molar-refractivity contribution in [3.8, 4) is 0 Å². The third-order valence-electron chi connectivity index (χ3n) is 6.62. The van der Waals surface area contributed by atoms with E-state index in [9.17, 15) is 0 Å². The molecule has 0 rings (SSSR count). The van der Waals surface area contributed by atoms with Crippen LogP contribution in [0.5, 0.6) is 0 Å². The fourth-order valence-corrected chi connectivity index (χ4v) is 3.75. The Morgan fingerprint density at radius 1 is 0.632 bits per heavy atom.